The molecule has 1 heterocycles. The Kier molecular flexibility index (Phi) is 4.86. The van der Waals surface area contributed by atoms with Crippen LogP contribution in [0.4, 0.5) is 0 Å². The number of hydrogen-bond acceptors (Lipinski definition) is 4. The molecular weight excluding hydrogens is 316 g/mol. The average molecular weight is 338 g/mol. The van der Waals surface area contributed by atoms with Gasteiger partial charge >= 0.3 is 0 Å². The molecule has 0 aliphatic heterocycles. The molecule has 130 valence electrons. The van der Waals surface area contributed by atoms with Gasteiger partial charge in [-0.1, -0.05) is 35.9 Å². The van der Waals surface area contributed by atoms with Crippen LogP contribution in [0.2, 0.25) is 0 Å². The van der Waals surface area contributed by atoms with Gasteiger partial charge in [-0.3, -0.25) is 4.79 Å². The summed E-state index contributed by atoms with van der Waals surface area (Å²) >= 11 is 0. The molecule has 5 nitrogen and oxygen atoms in total. The van der Waals surface area contributed by atoms with Gasteiger partial charge in [0, 0.05) is 5.39 Å². The molecule has 0 bridgehead atoms. The van der Waals surface area contributed by atoms with Crippen LogP contribution < -0.4 is 10.3 Å². The largest absolute Gasteiger partial charge is 0.491 e. The lowest BCUT2D eigenvalue weighted by Gasteiger charge is -2.15. The fourth-order valence-corrected chi connectivity index (χ4v) is 2.93. The van der Waals surface area contributed by atoms with Crippen molar-refractivity contribution in [1.82, 2.24) is 9.78 Å². The van der Waals surface area contributed by atoms with E-state index in [0.29, 0.717) is 5.39 Å². The lowest BCUT2D eigenvalue weighted by atomic mass is 10.1. The SMILES string of the molecule is Cc1ccc(OCC(O)Cn2nc(C)c3ccccc3c2=O)c(C)c1. The third-order valence-electron chi connectivity index (χ3n) is 4.20. The van der Waals surface area contributed by atoms with E-state index in [1.807, 2.05) is 57.2 Å². The number of hydrogen-bond donors (Lipinski definition) is 1. The van der Waals surface area contributed by atoms with Gasteiger partial charge < -0.3 is 9.84 Å². The summed E-state index contributed by atoms with van der Waals surface area (Å²) in [4.78, 5) is 12.5. The third-order valence-corrected chi connectivity index (χ3v) is 4.20. The predicted octanol–water partition coefficient (Wildman–Crippen LogP) is 2.76. The van der Waals surface area contributed by atoms with Gasteiger partial charge in [-0.25, -0.2) is 4.68 Å². The Morgan fingerprint density at radius 2 is 1.84 bits per heavy atom. The summed E-state index contributed by atoms with van der Waals surface area (Å²) in [7, 11) is 0. The molecule has 2 aromatic carbocycles. The standard InChI is InChI=1S/C20H22N2O3/c1-13-8-9-19(14(2)10-13)25-12-16(23)11-22-20(24)18-7-5-4-6-17(18)15(3)21-22/h4-10,16,23H,11-12H2,1-3H3. The molecule has 0 amide bonds. The van der Waals surface area contributed by atoms with E-state index in [-0.39, 0.29) is 18.7 Å². The minimum absolute atomic E-state index is 0.0927. The summed E-state index contributed by atoms with van der Waals surface area (Å²) in [6.45, 7) is 6.04. The Hall–Kier alpha value is -2.66. The van der Waals surface area contributed by atoms with Crippen molar-refractivity contribution in [3.8, 4) is 5.75 Å². The van der Waals surface area contributed by atoms with Crippen LogP contribution in [0.3, 0.4) is 0 Å². The maximum atomic E-state index is 12.5. The number of fused-ring (bicyclic) bond motifs is 1. The third kappa shape index (κ3) is 3.72. The van der Waals surface area contributed by atoms with Crippen LogP contribution in [-0.4, -0.2) is 27.6 Å². The van der Waals surface area contributed by atoms with E-state index in [1.165, 1.54) is 4.68 Å². The highest BCUT2D eigenvalue weighted by atomic mass is 16.5. The van der Waals surface area contributed by atoms with Crippen molar-refractivity contribution in [3.05, 3.63) is 69.6 Å². The molecule has 0 aliphatic rings. The molecule has 0 aliphatic carbocycles. The lowest BCUT2D eigenvalue weighted by Crippen LogP contribution is -2.32. The van der Waals surface area contributed by atoms with Crippen molar-refractivity contribution in [2.24, 2.45) is 0 Å². The summed E-state index contributed by atoms with van der Waals surface area (Å²) in [6, 6.07) is 13.3. The second-order valence-corrected chi connectivity index (χ2v) is 6.35. The first kappa shape index (κ1) is 17.2. The van der Waals surface area contributed by atoms with Gasteiger partial charge in [-0.05, 0) is 38.5 Å². The van der Waals surface area contributed by atoms with Crippen molar-refractivity contribution in [2.45, 2.75) is 33.4 Å². The molecule has 0 spiro atoms. The van der Waals surface area contributed by atoms with Gasteiger partial charge in [0.1, 0.15) is 18.5 Å². The van der Waals surface area contributed by atoms with E-state index in [4.69, 9.17) is 4.74 Å². The van der Waals surface area contributed by atoms with E-state index in [0.717, 1.165) is 28.0 Å². The van der Waals surface area contributed by atoms with Gasteiger partial charge in [0.15, 0.2) is 0 Å². The van der Waals surface area contributed by atoms with Gasteiger partial charge in [0.05, 0.1) is 17.6 Å². The Morgan fingerprint density at radius 1 is 1.12 bits per heavy atom. The topological polar surface area (TPSA) is 64.3 Å². The molecule has 0 radical (unpaired) electrons. The van der Waals surface area contributed by atoms with Crippen molar-refractivity contribution in [1.29, 1.82) is 0 Å². The molecule has 5 heteroatoms. The maximum absolute atomic E-state index is 12.5. The molecule has 1 aromatic heterocycles. The number of aliphatic hydroxyl groups is 1. The summed E-state index contributed by atoms with van der Waals surface area (Å²) < 4.78 is 7.00. The Bertz CT molecular complexity index is 963. The van der Waals surface area contributed by atoms with Gasteiger partial charge in [-0.15, -0.1) is 0 Å². The second-order valence-electron chi connectivity index (χ2n) is 6.35. The normalized spacial score (nSPS) is 12.3. The summed E-state index contributed by atoms with van der Waals surface area (Å²) in [5.41, 5.74) is 2.74. The highest BCUT2D eigenvalue weighted by molar-refractivity contribution is 5.83. The highest BCUT2D eigenvalue weighted by Gasteiger charge is 2.13. The van der Waals surface area contributed by atoms with E-state index in [9.17, 15) is 9.90 Å². The molecular formula is C20H22N2O3. The predicted molar refractivity (Wildman–Crippen MR) is 98.2 cm³/mol. The van der Waals surface area contributed by atoms with Gasteiger partial charge in [0.2, 0.25) is 0 Å². The minimum atomic E-state index is -0.827. The quantitative estimate of drug-likeness (QED) is 0.777. The zero-order valence-electron chi connectivity index (χ0n) is 14.7. The van der Waals surface area contributed by atoms with Crippen LogP contribution in [0.15, 0.2) is 47.3 Å². The second kappa shape index (κ2) is 7.07. The van der Waals surface area contributed by atoms with E-state index in [2.05, 4.69) is 5.10 Å². The molecule has 3 rings (SSSR count). The molecule has 1 unspecified atom stereocenters. The number of aryl methyl sites for hydroxylation is 3. The van der Waals surface area contributed by atoms with Crippen LogP contribution >= 0.6 is 0 Å². The molecule has 25 heavy (non-hydrogen) atoms. The Balaban J connectivity index is 1.75. The number of rotatable bonds is 5. The summed E-state index contributed by atoms with van der Waals surface area (Å²) in [6.07, 6.45) is -0.827. The number of aromatic nitrogens is 2. The van der Waals surface area contributed by atoms with E-state index in [1.54, 1.807) is 6.07 Å². The van der Waals surface area contributed by atoms with Crippen molar-refractivity contribution >= 4 is 10.8 Å². The van der Waals surface area contributed by atoms with Crippen LogP contribution in [0.5, 0.6) is 5.75 Å². The number of ether oxygens (including phenoxy) is 1. The molecule has 3 aromatic rings. The fourth-order valence-electron chi connectivity index (χ4n) is 2.93. The lowest BCUT2D eigenvalue weighted by molar-refractivity contribution is 0.0877. The van der Waals surface area contributed by atoms with E-state index < -0.39 is 6.10 Å². The van der Waals surface area contributed by atoms with Crippen molar-refractivity contribution < 1.29 is 9.84 Å². The van der Waals surface area contributed by atoms with Crippen LogP contribution in [0, 0.1) is 20.8 Å². The zero-order chi connectivity index (χ0) is 18.0. The molecule has 0 saturated heterocycles. The van der Waals surface area contributed by atoms with Gasteiger partial charge in [0.25, 0.3) is 5.56 Å². The molecule has 0 fully saturated rings. The Labute approximate surface area is 146 Å². The van der Waals surface area contributed by atoms with Crippen LogP contribution in [0.1, 0.15) is 16.8 Å². The molecule has 1 N–H and O–H groups in total. The maximum Gasteiger partial charge on any atom is 0.274 e. The first-order valence-electron chi connectivity index (χ1n) is 8.30. The van der Waals surface area contributed by atoms with Crippen molar-refractivity contribution in [2.75, 3.05) is 6.61 Å². The minimum Gasteiger partial charge on any atom is -0.491 e. The number of benzene rings is 2. The van der Waals surface area contributed by atoms with E-state index >= 15 is 0 Å². The smallest absolute Gasteiger partial charge is 0.274 e. The first-order chi connectivity index (χ1) is 12.0. The van der Waals surface area contributed by atoms with Crippen LogP contribution in [-0.2, 0) is 6.54 Å². The summed E-state index contributed by atoms with van der Waals surface area (Å²) in [5.74, 6) is 0.736. The fraction of sp³-hybridized carbons (Fsp3) is 0.300. The molecule has 0 saturated carbocycles. The van der Waals surface area contributed by atoms with Crippen molar-refractivity contribution in [3.63, 3.8) is 0 Å². The Morgan fingerprint density at radius 3 is 2.56 bits per heavy atom. The highest BCUT2D eigenvalue weighted by Crippen LogP contribution is 2.19. The zero-order valence-corrected chi connectivity index (χ0v) is 14.7. The summed E-state index contributed by atoms with van der Waals surface area (Å²) in [5, 5.41) is 16.0. The van der Waals surface area contributed by atoms with Crippen LogP contribution in [0.25, 0.3) is 10.8 Å². The number of nitrogens with zero attached hydrogens (tertiary/aromatic N) is 2. The number of aliphatic hydroxyl groups excluding tert-OH is 1. The molecule has 1 atom stereocenters. The van der Waals surface area contributed by atoms with Gasteiger partial charge in [-0.2, -0.15) is 5.10 Å². The average Bonchev–Trinajstić information content (AvgIpc) is 2.59. The first-order valence-corrected chi connectivity index (χ1v) is 8.30. The monoisotopic (exact) mass is 338 g/mol.